The summed E-state index contributed by atoms with van der Waals surface area (Å²) in [5.74, 6) is 1.25. The van der Waals surface area contributed by atoms with Crippen LogP contribution in [0.1, 0.15) is 47.0 Å². The van der Waals surface area contributed by atoms with E-state index in [1.54, 1.807) is 0 Å². The van der Waals surface area contributed by atoms with Gasteiger partial charge in [-0.1, -0.05) is 20.8 Å². The van der Waals surface area contributed by atoms with E-state index in [0.29, 0.717) is 17.6 Å². The van der Waals surface area contributed by atoms with Gasteiger partial charge in [0.25, 0.3) is 0 Å². The topological polar surface area (TPSA) is 49.8 Å². The van der Waals surface area contributed by atoms with Crippen LogP contribution in [0.5, 0.6) is 0 Å². The van der Waals surface area contributed by atoms with Gasteiger partial charge in [0.1, 0.15) is 17.5 Å². The Balaban J connectivity index is 2.02. The number of aliphatic hydroxyl groups excluding tert-OH is 1. The van der Waals surface area contributed by atoms with E-state index in [1.807, 2.05) is 20.8 Å². The summed E-state index contributed by atoms with van der Waals surface area (Å²) in [5, 5.41) is 10.2. The van der Waals surface area contributed by atoms with Crippen LogP contribution in [0.4, 0.5) is 0 Å². The monoisotopic (exact) mass is 252 g/mol. The van der Waals surface area contributed by atoms with Crippen molar-refractivity contribution in [2.75, 3.05) is 0 Å². The van der Waals surface area contributed by atoms with Gasteiger partial charge in [0.05, 0.1) is 11.5 Å². The van der Waals surface area contributed by atoms with E-state index in [1.165, 1.54) is 0 Å². The number of fused-ring (bicyclic) bond motifs is 3. The largest absolute Gasteiger partial charge is 0.390 e. The molecule has 1 N–H and O–H groups in total. The molecule has 6 atom stereocenters. The van der Waals surface area contributed by atoms with Crippen molar-refractivity contribution >= 4 is 5.78 Å². The Morgan fingerprint density at radius 3 is 2.72 bits per heavy atom. The number of Topliss-reactive ketones (excluding diaryl/α,β-unsaturated/α-hetero) is 1. The lowest BCUT2D eigenvalue weighted by molar-refractivity contribution is -0.138. The molecule has 2 saturated carbocycles. The average Bonchev–Trinajstić information content (AvgIpc) is 2.92. The first-order valence-electron chi connectivity index (χ1n) is 7.24. The maximum absolute atomic E-state index is 12.8. The van der Waals surface area contributed by atoms with Gasteiger partial charge in [-0.05, 0) is 38.0 Å². The first-order chi connectivity index (χ1) is 8.34. The second kappa shape index (κ2) is 3.57. The van der Waals surface area contributed by atoms with Crippen molar-refractivity contribution in [2.45, 2.75) is 64.8 Å². The van der Waals surface area contributed by atoms with E-state index in [4.69, 9.17) is 4.74 Å². The van der Waals surface area contributed by atoms with Crippen molar-refractivity contribution in [2.24, 2.45) is 23.2 Å². The fourth-order valence-electron chi connectivity index (χ4n) is 4.67. The molecule has 0 spiro atoms. The van der Waals surface area contributed by atoms with E-state index in [2.05, 4.69) is 6.92 Å². The van der Waals surface area contributed by atoms with E-state index >= 15 is 0 Å². The average molecular weight is 252 g/mol. The zero-order chi connectivity index (χ0) is 13.3. The highest BCUT2D eigenvalue weighted by molar-refractivity contribution is 5.89. The molecular weight excluding hydrogens is 228 g/mol. The maximum Gasteiger partial charge on any atom is 0.144 e. The summed E-state index contributed by atoms with van der Waals surface area (Å²) in [5.41, 5.74) is -0.757. The summed E-state index contributed by atoms with van der Waals surface area (Å²) < 4.78 is 5.84. The summed E-state index contributed by atoms with van der Waals surface area (Å²) in [6.07, 6.45) is 2.32. The molecule has 3 aliphatic rings. The first kappa shape index (κ1) is 12.6. The quantitative estimate of drug-likeness (QED) is 0.766. The molecule has 3 heteroatoms. The fourth-order valence-corrected chi connectivity index (χ4v) is 4.67. The van der Waals surface area contributed by atoms with Crippen molar-refractivity contribution in [3.05, 3.63) is 0 Å². The van der Waals surface area contributed by atoms with Crippen LogP contribution < -0.4 is 0 Å². The zero-order valence-electron chi connectivity index (χ0n) is 11.8. The Bertz CT molecular complexity index is 391. The lowest BCUT2D eigenvalue weighted by atomic mass is 9.59. The van der Waals surface area contributed by atoms with Gasteiger partial charge < -0.3 is 9.84 Å². The van der Waals surface area contributed by atoms with Gasteiger partial charge in [0.2, 0.25) is 0 Å². The molecule has 6 unspecified atom stereocenters. The third-order valence-electron chi connectivity index (χ3n) is 5.79. The van der Waals surface area contributed by atoms with E-state index < -0.39 is 11.7 Å². The molecule has 18 heavy (non-hydrogen) atoms. The predicted octanol–water partition coefficient (Wildman–Crippen LogP) is 2.17. The minimum atomic E-state index is -0.453. The number of hydrogen-bond donors (Lipinski definition) is 1. The minimum Gasteiger partial charge on any atom is -0.390 e. The number of rotatable bonds is 2. The SMILES string of the molecule is CC(C)C(=O)C12CCC(C)C1CC(O)C1(C)OC12. The third kappa shape index (κ3) is 1.30. The lowest BCUT2D eigenvalue weighted by Crippen LogP contribution is -2.53. The molecule has 3 fully saturated rings. The molecule has 3 nitrogen and oxygen atoms in total. The molecule has 0 aromatic heterocycles. The molecule has 1 saturated heterocycles. The Labute approximate surface area is 109 Å². The van der Waals surface area contributed by atoms with Gasteiger partial charge in [-0.3, -0.25) is 4.79 Å². The third-order valence-corrected chi connectivity index (χ3v) is 5.79. The van der Waals surface area contributed by atoms with Gasteiger partial charge in [-0.2, -0.15) is 0 Å². The second-order valence-electron chi connectivity index (χ2n) is 7.12. The smallest absolute Gasteiger partial charge is 0.144 e. The van der Waals surface area contributed by atoms with Gasteiger partial charge in [-0.15, -0.1) is 0 Å². The van der Waals surface area contributed by atoms with Gasteiger partial charge in [0, 0.05) is 5.92 Å². The summed E-state index contributed by atoms with van der Waals surface area (Å²) >= 11 is 0. The standard InChI is InChI=1S/C15H24O3/c1-8(2)12(17)15-6-5-9(3)10(15)7-11(16)14(4)13(15)18-14/h8-11,13,16H,5-7H2,1-4H3. The molecular formula is C15H24O3. The van der Waals surface area contributed by atoms with Crippen molar-refractivity contribution < 1.29 is 14.6 Å². The van der Waals surface area contributed by atoms with Crippen molar-refractivity contribution in [3.63, 3.8) is 0 Å². The molecule has 2 aliphatic carbocycles. The van der Waals surface area contributed by atoms with Crippen LogP contribution in [0, 0.1) is 23.2 Å². The molecule has 0 amide bonds. The van der Waals surface area contributed by atoms with Crippen LogP contribution in [0.15, 0.2) is 0 Å². The Hall–Kier alpha value is -0.410. The van der Waals surface area contributed by atoms with Crippen LogP contribution >= 0.6 is 0 Å². The number of carbonyl (C=O) groups excluding carboxylic acids is 1. The molecule has 1 aliphatic heterocycles. The summed E-state index contributed by atoms with van der Waals surface area (Å²) in [4.78, 5) is 12.8. The second-order valence-corrected chi connectivity index (χ2v) is 7.12. The van der Waals surface area contributed by atoms with E-state index in [0.717, 1.165) is 19.3 Å². The lowest BCUT2D eigenvalue weighted by Gasteiger charge is -2.42. The predicted molar refractivity (Wildman–Crippen MR) is 68.1 cm³/mol. The molecule has 102 valence electrons. The molecule has 0 bridgehead atoms. The maximum atomic E-state index is 12.8. The van der Waals surface area contributed by atoms with Crippen molar-refractivity contribution in [1.29, 1.82) is 0 Å². The van der Waals surface area contributed by atoms with Gasteiger partial charge in [0.15, 0.2) is 0 Å². The number of epoxide rings is 1. The first-order valence-corrected chi connectivity index (χ1v) is 7.24. The van der Waals surface area contributed by atoms with E-state index in [9.17, 15) is 9.90 Å². The highest BCUT2D eigenvalue weighted by Crippen LogP contribution is 2.66. The molecule has 0 aromatic carbocycles. The van der Waals surface area contributed by atoms with Crippen LogP contribution in [0.25, 0.3) is 0 Å². The number of ether oxygens (including phenoxy) is 1. The molecule has 1 heterocycles. The number of ketones is 1. The highest BCUT2D eigenvalue weighted by Gasteiger charge is 2.75. The van der Waals surface area contributed by atoms with Crippen molar-refractivity contribution in [3.8, 4) is 0 Å². The Kier molecular flexibility index (Phi) is 2.50. The summed E-state index contributed by atoms with van der Waals surface area (Å²) in [7, 11) is 0. The van der Waals surface area contributed by atoms with Crippen LogP contribution in [-0.2, 0) is 9.53 Å². The van der Waals surface area contributed by atoms with Crippen molar-refractivity contribution in [1.82, 2.24) is 0 Å². The highest BCUT2D eigenvalue weighted by atomic mass is 16.6. The van der Waals surface area contributed by atoms with Crippen LogP contribution in [-0.4, -0.2) is 28.7 Å². The van der Waals surface area contributed by atoms with Crippen LogP contribution in [0.3, 0.4) is 0 Å². The molecule has 0 aromatic rings. The van der Waals surface area contributed by atoms with Gasteiger partial charge >= 0.3 is 0 Å². The summed E-state index contributed by atoms with van der Waals surface area (Å²) in [6.45, 7) is 8.17. The normalized spacial score (nSPS) is 54.1. The van der Waals surface area contributed by atoms with Gasteiger partial charge in [-0.25, -0.2) is 0 Å². The minimum absolute atomic E-state index is 0.0430. The fraction of sp³-hybridized carbons (Fsp3) is 0.933. The van der Waals surface area contributed by atoms with E-state index in [-0.39, 0.29) is 17.4 Å². The Morgan fingerprint density at radius 1 is 1.44 bits per heavy atom. The van der Waals surface area contributed by atoms with Crippen LogP contribution in [0.2, 0.25) is 0 Å². The zero-order valence-corrected chi connectivity index (χ0v) is 11.8. The number of hydrogen-bond acceptors (Lipinski definition) is 3. The molecule has 3 rings (SSSR count). The molecule has 0 radical (unpaired) electrons. The Morgan fingerprint density at radius 2 is 2.11 bits per heavy atom. The number of aliphatic hydroxyl groups is 1. The summed E-state index contributed by atoms with van der Waals surface area (Å²) in [6, 6.07) is 0. The number of carbonyl (C=O) groups is 1.